The lowest BCUT2D eigenvalue weighted by Crippen LogP contribution is -2.28. The Morgan fingerprint density at radius 3 is 0.881 bits per heavy atom. The highest BCUT2D eigenvalue weighted by Crippen LogP contribution is 2.59. The monoisotopic (exact) mass is 1090 g/mol. The van der Waals surface area contributed by atoms with E-state index in [0.29, 0.717) is 0 Å². The molecule has 1 aliphatic carbocycles. The number of rotatable bonds is 9. The molecule has 1 aliphatic rings. The summed E-state index contributed by atoms with van der Waals surface area (Å²) in [4.78, 5) is 0. The van der Waals surface area contributed by atoms with Gasteiger partial charge in [-0.05, 0) is 216 Å². The molecule has 0 saturated heterocycles. The Morgan fingerprint density at radius 2 is 0.524 bits per heavy atom. The SMILES string of the molecule is Cc1ccccc1-c1cccc2c1-c1ccccc1C2(c1cccc(-c2cc(-c3ccc(C(C)(C)C)cc3)cc(-c3ccc(C(C)(C)C)cc3)c2)c1)c1cccc(-c2cc(-c3ccc(C(C)(C)C)cc3)cc(-c3ccc(C(C)(C)C)cc3)c2)c1. The molecule has 0 unspecified atom stereocenters. The summed E-state index contributed by atoms with van der Waals surface area (Å²) in [5.74, 6) is 0. The van der Waals surface area contributed by atoms with E-state index in [1.165, 1.54) is 139 Å². The molecule has 84 heavy (non-hydrogen) atoms. The lowest BCUT2D eigenvalue weighted by atomic mass is 9.66. The third-order valence-corrected chi connectivity index (χ3v) is 18.0. The summed E-state index contributed by atoms with van der Waals surface area (Å²) in [6, 6.07) is 95.6. The average Bonchev–Trinajstić information content (AvgIpc) is 1.61. The minimum Gasteiger partial charge on any atom is -0.0620 e. The van der Waals surface area contributed by atoms with E-state index in [4.69, 9.17) is 0 Å². The minimum absolute atomic E-state index is 0.0548. The van der Waals surface area contributed by atoms with Crippen LogP contribution in [-0.2, 0) is 27.1 Å². The molecule has 0 heterocycles. The molecule has 0 saturated carbocycles. The van der Waals surface area contributed by atoms with Crippen LogP contribution >= 0.6 is 0 Å². The van der Waals surface area contributed by atoms with Crippen LogP contribution in [0.5, 0.6) is 0 Å². The highest BCUT2D eigenvalue weighted by Gasteiger charge is 2.47. The van der Waals surface area contributed by atoms with Crippen LogP contribution in [0.25, 0.3) is 89.0 Å². The molecule has 0 aliphatic heterocycles. The lowest BCUT2D eigenvalue weighted by molar-refractivity contribution is 0.590. The third kappa shape index (κ3) is 10.5. The molecule has 0 spiro atoms. The van der Waals surface area contributed by atoms with Crippen molar-refractivity contribution in [2.24, 2.45) is 0 Å². The molecule has 0 N–H and O–H groups in total. The molecule has 0 radical (unpaired) electrons. The summed E-state index contributed by atoms with van der Waals surface area (Å²) < 4.78 is 0. The van der Waals surface area contributed by atoms with Crippen LogP contribution in [0.15, 0.2) is 249 Å². The van der Waals surface area contributed by atoms with Crippen LogP contribution in [0, 0.1) is 6.92 Å². The number of benzene rings is 11. The molecular formula is C84H80. The van der Waals surface area contributed by atoms with Crippen molar-refractivity contribution in [3.63, 3.8) is 0 Å². The molecule has 0 nitrogen and oxygen atoms in total. The largest absolute Gasteiger partial charge is 0.0714 e. The highest BCUT2D eigenvalue weighted by molar-refractivity contribution is 5.97. The third-order valence-electron chi connectivity index (χ3n) is 18.0. The Bertz CT molecular complexity index is 3870. The van der Waals surface area contributed by atoms with E-state index in [9.17, 15) is 0 Å². The van der Waals surface area contributed by atoms with Crippen LogP contribution in [0.4, 0.5) is 0 Å². The van der Waals surface area contributed by atoms with Gasteiger partial charge in [-0.1, -0.05) is 283 Å². The predicted octanol–water partition coefficient (Wildman–Crippen LogP) is 23.2. The van der Waals surface area contributed by atoms with Crippen molar-refractivity contribution >= 4 is 0 Å². The predicted molar refractivity (Wildman–Crippen MR) is 361 cm³/mol. The molecule has 11 aromatic carbocycles. The van der Waals surface area contributed by atoms with Gasteiger partial charge in [0.05, 0.1) is 5.41 Å². The van der Waals surface area contributed by atoms with Crippen molar-refractivity contribution in [3.8, 4) is 89.0 Å². The Kier molecular flexibility index (Phi) is 14.1. The van der Waals surface area contributed by atoms with Crippen molar-refractivity contribution in [1.82, 2.24) is 0 Å². The van der Waals surface area contributed by atoms with Crippen molar-refractivity contribution < 1.29 is 0 Å². The van der Waals surface area contributed by atoms with Crippen LogP contribution < -0.4 is 0 Å². The van der Waals surface area contributed by atoms with Crippen molar-refractivity contribution in [2.75, 3.05) is 0 Å². The molecule has 0 heteroatoms. The van der Waals surface area contributed by atoms with Crippen molar-refractivity contribution in [2.45, 2.75) is 117 Å². The Labute approximate surface area is 502 Å². The molecule has 0 atom stereocenters. The summed E-state index contributed by atoms with van der Waals surface area (Å²) in [7, 11) is 0. The smallest absolute Gasteiger partial charge is 0.0620 e. The van der Waals surface area contributed by atoms with E-state index in [0.717, 1.165) is 0 Å². The second-order valence-corrected chi connectivity index (χ2v) is 27.9. The quantitative estimate of drug-likeness (QED) is 0.135. The summed E-state index contributed by atoms with van der Waals surface area (Å²) in [5, 5.41) is 0. The maximum absolute atomic E-state index is 2.51. The second-order valence-electron chi connectivity index (χ2n) is 27.9. The van der Waals surface area contributed by atoms with Gasteiger partial charge >= 0.3 is 0 Å². The van der Waals surface area contributed by atoms with Crippen LogP contribution in [0.1, 0.15) is 133 Å². The Hall–Kier alpha value is -8.58. The zero-order valence-electron chi connectivity index (χ0n) is 51.7. The zero-order chi connectivity index (χ0) is 58.9. The van der Waals surface area contributed by atoms with Gasteiger partial charge < -0.3 is 0 Å². The van der Waals surface area contributed by atoms with Gasteiger partial charge in [0.1, 0.15) is 0 Å². The minimum atomic E-state index is -0.700. The standard InChI is InChI=1S/C84H80/c1-55-21-14-15-26-74(55)75-28-20-30-78-79(75)76-27-16-17-29-77(76)84(78,72-24-18-22-60(53-72)66-49-62(56-31-39-68(40-32-56)80(2,3)4)47-63(50-66)57-33-41-69(42-34-57)81(5,6)7)73-25-19-23-61(54-73)67-51-64(58-35-43-70(44-36-58)82(8,9)10)48-65(52-67)59-37-45-71(46-38-59)83(11,12)13/h14-54H,1-13H3. The van der Waals surface area contributed by atoms with Gasteiger partial charge in [0.15, 0.2) is 0 Å². The van der Waals surface area contributed by atoms with Gasteiger partial charge in [-0.25, -0.2) is 0 Å². The fourth-order valence-electron chi connectivity index (χ4n) is 13.0. The van der Waals surface area contributed by atoms with Gasteiger partial charge in [-0.2, -0.15) is 0 Å². The number of aryl methyl sites for hydroxylation is 1. The van der Waals surface area contributed by atoms with E-state index < -0.39 is 5.41 Å². The van der Waals surface area contributed by atoms with Gasteiger partial charge in [-0.15, -0.1) is 0 Å². The number of fused-ring (bicyclic) bond motifs is 3. The first kappa shape index (κ1) is 55.9. The lowest BCUT2D eigenvalue weighted by Gasteiger charge is -2.34. The topological polar surface area (TPSA) is 0 Å². The normalized spacial score (nSPS) is 13.2. The maximum Gasteiger partial charge on any atom is 0.0714 e. The zero-order valence-corrected chi connectivity index (χ0v) is 51.7. The Balaban J connectivity index is 1.09. The summed E-state index contributed by atoms with van der Waals surface area (Å²) in [5.41, 5.74) is 30.6. The average molecular weight is 1090 g/mol. The molecule has 416 valence electrons. The maximum atomic E-state index is 2.51. The van der Waals surface area contributed by atoms with E-state index >= 15 is 0 Å². The summed E-state index contributed by atoms with van der Waals surface area (Å²) in [6.45, 7) is 29.7. The first-order valence-electron chi connectivity index (χ1n) is 30.3. The van der Waals surface area contributed by atoms with Crippen LogP contribution in [-0.4, -0.2) is 0 Å². The molecule has 0 bridgehead atoms. The number of hydrogen-bond donors (Lipinski definition) is 0. The van der Waals surface area contributed by atoms with E-state index in [1.54, 1.807) is 0 Å². The van der Waals surface area contributed by atoms with Crippen molar-refractivity contribution in [3.05, 3.63) is 299 Å². The van der Waals surface area contributed by atoms with E-state index in [-0.39, 0.29) is 21.7 Å². The van der Waals surface area contributed by atoms with Crippen molar-refractivity contribution in [1.29, 1.82) is 0 Å². The van der Waals surface area contributed by atoms with Gasteiger partial charge in [0.2, 0.25) is 0 Å². The second kappa shape index (κ2) is 21.2. The fraction of sp³-hybridized carbons (Fsp3) is 0.214. The first-order chi connectivity index (χ1) is 40.0. The Morgan fingerprint density at radius 1 is 0.226 bits per heavy atom. The molecule has 0 amide bonds. The molecule has 11 aromatic rings. The van der Waals surface area contributed by atoms with Gasteiger partial charge in [-0.3, -0.25) is 0 Å². The highest BCUT2D eigenvalue weighted by atomic mass is 14.5. The molecule has 12 rings (SSSR count). The summed E-state index contributed by atoms with van der Waals surface area (Å²) in [6.07, 6.45) is 0. The van der Waals surface area contributed by atoms with Gasteiger partial charge in [0, 0.05) is 0 Å². The van der Waals surface area contributed by atoms with E-state index in [2.05, 4.69) is 339 Å². The molecular weight excluding hydrogens is 1010 g/mol. The number of hydrogen-bond acceptors (Lipinski definition) is 0. The molecule has 0 aromatic heterocycles. The first-order valence-corrected chi connectivity index (χ1v) is 30.3. The molecule has 0 fully saturated rings. The van der Waals surface area contributed by atoms with Crippen LogP contribution in [0.2, 0.25) is 0 Å². The van der Waals surface area contributed by atoms with Gasteiger partial charge in [0.25, 0.3) is 0 Å². The van der Waals surface area contributed by atoms with E-state index in [1.807, 2.05) is 0 Å². The fourth-order valence-corrected chi connectivity index (χ4v) is 13.0. The van der Waals surface area contributed by atoms with Crippen LogP contribution in [0.3, 0.4) is 0 Å². The summed E-state index contributed by atoms with van der Waals surface area (Å²) >= 11 is 0.